The van der Waals surface area contributed by atoms with E-state index in [-0.39, 0.29) is 23.4 Å². The second-order valence-electron chi connectivity index (χ2n) is 9.76. The zero-order valence-electron chi connectivity index (χ0n) is 22.1. The van der Waals surface area contributed by atoms with Gasteiger partial charge in [-0.15, -0.1) is 0 Å². The van der Waals surface area contributed by atoms with Crippen LogP contribution in [0.25, 0.3) is 0 Å². The van der Waals surface area contributed by atoms with E-state index in [2.05, 4.69) is 23.5 Å². The number of nitrogens with zero attached hydrogens (tertiary/aromatic N) is 1. The number of rotatable bonds is 9. The van der Waals surface area contributed by atoms with Crippen molar-refractivity contribution >= 4 is 21.6 Å². The molecule has 1 amide bonds. The highest BCUT2D eigenvalue weighted by molar-refractivity contribution is 7.92. The van der Waals surface area contributed by atoms with Gasteiger partial charge in [0.05, 0.1) is 23.7 Å². The Bertz CT molecular complexity index is 1370. The normalized spacial score (nSPS) is 13.9. The molecule has 3 aromatic carbocycles. The summed E-state index contributed by atoms with van der Waals surface area (Å²) in [4.78, 5) is 13.5. The molecule has 1 aliphatic carbocycles. The van der Waals surface area contributed by atoms with Crippen molar-refractivity contribution in [3.63, 3.8) is 0 Å². The summed E-state index contributed by atoms with van der Waals surface area (Å²) in [6.07, 6.45) is 5.26. The van der Waals surface area contributed by atoms with Crippen LogP contribution in [-0.4, -0.2) is 28.0 Å². The van der Waals surface area contributed by atoms with Crippen molar-refractivity contribution in [3.05, 3.63) is 88.5 Å². The summed E-state index contributed by atoms with van der Waals surface area (Å²) in [5.41, 5.74) is 5.94. The van der Waals surface area contributed by atoms with Crippen LogP contribution in [0.3, 0.4) is 0 Å². The maximum atomic E-state index is 13.8. The van der Waals surface area contributed by atoms with Crippen LogP contribution < -0.4 is 14.4 Å². The molecule has 1 aliphatic rings. The molecule has 0 bridgehead atoms. The van der Waals surface area contributed by atoms with Gasteiger partial charge >= 0.3 is 0 Å². The molecule has 37 heavy (non-hydrogen) atoms. The molecule has 0 spiro atoms. The molecular weight excluding hydrogens is 484 g/mol. The number of aryl methyl sites for hydroxylation is 4. The van der Waals surface area contributed by atoms with Crippen LogP contribution in [-0.2, 0) is 27.7 Å². The molecule has 1 unspecified atom stereocenters. The van der Waals surface area contributed by atoms with Crippen molar-refractivity contribution in [2.75, 3.05) is 18.0 Å². The lowest BCUT2D eigenvalue weighted by Gasteiger charge is -2.27. The van der Waals surface area contributed by atoms with Crippen LogP contribution in [0.4, 0.5) is 5.69 Å². The molecule has 0 aromatic heterocycles. The number of fused-ring (bicyclic) bond motifs is 1. The van der Waals surface area contributed by atoms with Crippen LogP contribution in [0, 0.1) is 13.8 Å². The fourth-order valence-corrected chi connectivity index (χ4v) is 6.32. The Balaban J connectivity index is 1.65. The van der Waals surface area contributed by atoms with Crippen molar-refractivity contribution in [1.29, 1.82) is 0 Å². The second-order valence-corrected chi connectivity index (χ2v) is 11.6. The van der Waals surface area contributed by atoms with Crippen molar-refractivity contribution in [2.45, 2.75) is 63.8 Å². The lowest BCUT2D eigenvalue weighted by atomic mass is 9.89. The molecule has 0 heterocycles. The minimum atomic E-state index is -4.04. The molecule has 0 radical (unpaired) electrons. The third kappa shape index (κ3) is 5.99. The smallest absolute Gasteiger partial charge is 0.264 e. The van der Waals surface area contributed by atoms with E-state index in [1.807, 2.05) is 26.8 Å². The number of benzene rings is 3. The first-order valence-electron chi connectivity index (χ1n) is 12.9. The van der Waals surface area contributed by atoms with Gasteiger partial charge in [-0.2, -0.15) is 0 Å². The summed E-state index contributed by atoms with van der Waals surface area (Å²) >= 11 is 0. The largest absolute Gasteiger partial charge is 0.495 e. The molecule has 196 valence electrons. The summed E-state index contributed by atoms with van der Waals surface area (Å²) in [6.45, 7) is 5.44. The van der Waals surface area contributed by atoms with E-state index < -0.39 is 10.0 Å². The molecule has 1 atom stereocenters. The minimum Gasteiger partial charge on any atom is -0.495 e. The van der Waals surface area contributed by atoms with Crippen molar-refractivity contribution in [3.8, 4) is 5.75 Å². The first-order valence-corrected chi connectivity index (χ1v) is 14.3. The lowest BCUT2D eigenvalue weighted by molar-refractivity contribution is -0.120. The predicted molar refractivity (Wildman–Crippen MR) is 148 cm³/mol. The Kier molecular flexibility index (Phi) is 8.22. The zero-order valence-corrected chi connectivity index (χ0v) is 22.9. The van der Waals surface area contributed by atoms with E-state index >= 15 is 0 Å². The van der Waals surface area contributed by atoms with Gasteiger partial charge < -0.3 is 10.1 Å². The van der Waals surface area contributed by atoms with Crippen LogP contribution in [0.2, 0.25) is 0 Å². The van der Waals surface area contributed by atoms with Gasteiger partial charge in [-0.05, 0) is 92.5 Å². The number of nitrogens with one attached hydrogen (secondary N) is 1. The number of anilines is 1. The van der Waals surface area contributed by atoms with Gasteiger partial charge in [0.2, 0.25) is 5.91 Å². The quantitative estimate of drug-likeness (QED) is 0.395. The predicted octanol–water partition coefficient (Wildman–Crippen LogP) is 5.65. The van der Waals surface area contributed by atoms with Crippen LogP contribution >= 0.6 is 0 Å². The fourth-order valence-electron chi connectivity index (χ4n) is 4.89. The summed E-state index contributed by atoms with van der Waals surface area (Å²) in [5, 5.41) is 3.09. The number of methoxy groups -OCH3 is 1. The third-order valence-electron chi connectivity index (χ3n) is 7.02. The molecule has 0 saturated carbocycles. The molecule has 6 nitrogen and oxygen atoms in total. The van der Waals surface area contributed by atoms with Crippen LogP contribution in [0.1, 0.15) is 60.0 Å². The van der Waals surface area contributed by atoms with Crippen molar-refractivity contribution < 1.29 is 17.9 Å². The maximum absolute atomic E-state index is 13.8. The minimum absolute atomic E-state index is 0.121. The maximum Gasteiger partial charge on any atom is 0.264 e. The van der Waals surface area contributed by atoms with E-state index in [1.165, 1.54) is 31.1 Å². The van der Waals surface area contributed by atoms with E-state index in [0.29, 0.717) is 17.9 Å². The molecule has 0 saturated heterocycles. The molecule has 7 heteroatoms. The highest BCUT2D eigenvalue weighted by Crippen LogP contribution is 2.34. The summed E-state index contributed by atoms with van der Waals surface area (Å²) < 4.78 is 34.3. The van der Waals surface area contributed by atoms with Crippen molar-refractivity contribution in [1.82, 2.24) is 5.32 Å². The Morgan fingerprint density at radius 2 is 1.62 bits per heavy atom. The standard InChI is InChI=1S/C30H36N2O4S/c1-5-27(25-14-13-23-8-6-7-9-24(23)19-25)31-30(33)20-32(28-18-22(3)12-17-29(28)36-4)37(34,35)26-15-10-21(2)11-16-26/h10-19,27H,5-9,20H2,1-4H3,(H,31,33). The number of carbonyl (C=O) groups excluding carboxylic acids is 1. The topological polar surface area (TPSA) is 75.7 Å². The summed E-state index contributed by atoms with van der Waals surface area (Å²) in [6, 6.07) is 18.2. The molecule has 0 fully saturated rings. The number of carbonyl (C=O) groups is 1. The average molecular weight is 521 g/mol. The number of hydrogen-bond donors (Lipinski definition) is 1. The van der Waals surface area contributed by atoms with Gasteiger partial charge in [0.25, 0.3) is 10.0 Å². The Morgan fingerprint density at radius 3 is 2.30 bits per heavy atom. The van der Waals surface area contributed by atoms with Gasteiger partial charge in [0.1, 0.15) is 12.3 Å². The number of amides is 1. The number of sulfonamides is 1. The average Bonchev–Trinajstić information content (AvgIpc) is 2.90. The van der Waals surface area contributed by atoms with Crippen molar-refractivity contribution in [2.24, 2.45) is 0 Å². The molecule has 4 rings (SSSR count). The highest BCUT2D eigenvalue weighted by Gasteiger charge is 2.30. The lowest BCUT2D eigenvalue weighted by Crippen LogP contribution is -2.42. The molecule has 0 aliphatic heterocycles. The summed E-state index contributed by atoms with van der Waals surface area (Å²) in [5.74, 6) is 0.0135. The Hall–Kier alpha value is -3.32. The number of hydrogen-bond acceptors (Lipinski definition) is 4. The SMILES string of the molecule is CCC(NC(=O)CN(c1cc(C)ccc1OC)S(=O)(=O)c1ccc(C)cc1)c1ccc2c(c1)CCCC2. The van der Waals surface area contributed by atoms with E-state index in [4.69, 9.17) is 4.74 Å². The summed E-state index contributed by atoms with van der Waals surface area (Å²) in [7, 11) is -2.55. The van der Waals surface area contributed by atoms with Gasteiger partial charge in [-0.25, -0.2) is 8.42 Å². The van der Waals surface area contributed by atoms with E-state index in [9.17, 15) is 13.2 Å². The van der Waals surface area contributed by atoms with E-state index in [1.54, 1.807) is 36.4 Å². The van der Waals surface area contributed by atoms with Gasteiger partial charge in [-0.1, -0.05) is 48.9 Å². The van der Waals surface area contributed by atoms with Gasteiger partial charge in [0.15, 0.2) is 0 Å². The Labute approximate surface area is 220 Å². The first-order chi connectivity index (χ1) is 17.7. The molecule has 1 N–H and O–H groups in total. The first kappa shape index (κ1) is 26.7. The second kappa shape index (κ2) is 11.4. The highest BCUT2D eigenvalue weighted by atomic mass is 32.2. The van der Waals surface area contributed by atoms with Crippen LogP contribution in [0.5, 0.6) is 5.75 Å². The monoisotopic (exact) mass is 520 g/mol. The molecular formula is C30H36N2O4S. The van der Waals surface area contributed by atoms with Gasteiger partial charge in [-0.3, -0.25) is 9.10 Å². The van der Waals surface area contributed by atoms with Crippen LogP contribution in [0.15, 0.2) is 65.6 Å². The Morgan fingerprint density at radius 1 is 0.946 bits per heavy atom. The molecule has 3 aromatic rings. The van der Waals surface area contributed by atoms with E-state index in [0.717, 1.165) is 33.8 Å². The zero-order chi connectivity index (χ0) is 26.6. The fraction of sp³-hybridized carbons (Fsp3) is 0.367. The third-order valence-corrected chi connectivity index (χ3v) is 8.79. The number of ether oxygens (including phenoxy) is 1. The van der Waals surface area contributed by atoms with Gasteiger partial charge in [0, 0.05) is 0 Å².